The van der Waals surface area contributed by atoms with Crippen LogP contribution in [0.2, 0.25) is 0 Å². The number of amides is 1. The molecule has 0 aliphatic carbocycles. The van der Waals surface area contributed by atoms with Gasteiger partial charge in [0, 0.05) is 6.42 Å². The van der Waals surface area contributed by atoms with Crippen LogP contribution < -0.4 is 16.8 Å². The van der Waals surface area contributed by atoms with Gasteiger partial charge in [0.15, 0.2) is 0 Å². The number of benzene rings is 2. The smallest absolute Gasteiger partial charge is 0.326 e. The van der Waals surface area contributed by atoms with Crippen LogP contribution in [-0.2, 0) is 25.6 Å². The van der Waals surface area contributed by atoms with Crippen molar-refractivity contribution in [2.24, 2.45) is 11.5 Å². The SMILES string of the molecule is CC.CCCCC(N)C(=O)O.NC(Cc1ccc2ccccc2c1)C(=O)O.O=C1CCC(C(=O)O)N1. The van der Waals surface area contributed by atoms with Crippen LogP contribution in [0.1, 0.15) is 58.4 Å². The van der Waals surface area contributed by atoms with Gasteiger partial charge in [0.1, 0.15) is 18.1 Å². The quantitative estimate of drug-likeness (QED) is 0.313. The second-order valence-corrected chi connectivity index (χ2v) is 7.91. The molecule has 10 heteroatoms. The molecule has 3 rings (SSSR count). The van der Waals surface area contributed by atoms with E-state index in [0.29, 0.717) is 25.7 Å². The number of rotatable bonds is 8. The predicted octanol–water partition coefficient (Wildman–Crippen LogP) is 2.76. The maximum absolute atomic E-state index is 10.6. The molecule has 0 spiro atoms. The average molecular weight is 506 g/mol. The van der Waals surface area contributed by atoms with Crippen LogP contribution in [0.15, 0.2) is 42.5 Å². The highest BCUT2D eigenvalue weighted by Crippen LogP contribution is 2.16. The van der Waals surface area contributed by atoms with Crippen molar-refractivity contribution in [3.63, 3.8) is 0 Å². The maximum Gasteiger partial charge on any atom is 0.326 e. The number of carboxylic acids is 3. The third kappa shape index (κ3) is 12.8. The van der Waals surface area contributed by atoms with E-state index in [1.54, 1.807) is 0 Å². The minimum atomic E-state index is -0.965. The first-order valence-corrected chi connectivity index (χ1v) is 12.0. The van der Waals surface area contributed by atoms with Gasteiger partial charge in [-0.15, -0.1) is 0 Å². The number of hydrogen-bond acceptors (Lipinski definition) is 6. The van der Waals surface area contributed by atoms with Crippen molar-refractivity contribution in [3.05, 3.63) is 48.0 Å². The molecule has 1 heterocycles. The molecular weight excluding hydrogens is 466 g/mol. The van der Waals surface area contributed by atoms with Crippen LogP contribution in [0.4, 0.5) is 0 Å². The summed E-state index contributed by atoms with van der Waals surface area (Å²) in [4.78, 5) is 41.2. The van der Waals surface area contributed by atoms with E-state index >= 15 is 0 Å². The van der Waals surface area contributed by atoms with Gasteiger partial charge in [0.05, 0.1) is 0 Å². The minimum Gasteiger partial charge on any atom is -0.480 e. The van der Waals surface area contributed by atoms with E-state index in [2.05, 4.69) is 5.32 Å². The lowest BCUT2D eigenvalue weighted by molar-refractivity contribution is -0.140. The van der Waals surface area contributed by atoms with Gasteiger partial charge in [-0.3, -0.25) is 14.4 Å². The van der Waals surface area contributed by atoms with Crippen LogP contribution in [0.3, 0.4) is 0 Å². The van der Waals surface area contributed by atoms with Crippen molar-refractivity contribution in [1.29, 1.82) is 0 Å². The fourth-order valence-corrected chi connectivity index (χ4v) is 3.05. The summed E-state index contributed by atoms with van der Waals surface area (Å²) in [5.74, 6) is -2.97. The first-order chi connectivity index (χ1) is 17.0. The molecule has 200 valence electrons. The summed E-state index contributed by atoms with van der Waals surface area (Å²) in [6.07, 6.45) is 3.62. The molecule has 1 aliphatic heterocycles. The van der Waals surface area contributed by atoms with Gasteiger partial charge in [-0.1, -0.05) is 76.1 Å². The van der Waals surface area contributed by atoms with Gasteiger partial charge in [0.25, 0.3) is 0 Å². The molecule has 3 atom stereocenters. The lowest BCUT2D eigenvalue weighted by atomic mass is 10.0. The zero-order chi connectivity index (χ0) is 27.7. The number of carbonyl (C=O) groups excluding carboxylic acids is 1. The Morgan fingerprint density at radius 3 is 2.00 bits per heavy atom. The molecular formula is C26H39N3O7. The number of unbranched alkanes of at least 4 members (excludes halogenated alkanes) is 1. The van der Waals surface area contributed by atoms with Gasteiger partial charge in [-0.05, 0) is 35.6 Å². The third-order valence-electron chi connectivity index (χ3n) is 5.07. The minimum absolute atomic E-state index is 0.164. The first-order valence-electron chi connectivity index (χ1n) is 12.0. The molecule has 10 nitrogen and oxygen atoms in total. The Morgan fingerprint density at radius 1 is 0.972 bits per heavy atom. The van der Waals surface area contributed by atoms with Gasteiger partial charge in [-0.25, -0.2) is 4.79 Å². The molecule has 0 aromatic heterocycles. The monoisotopic (exact) mass is 505 g/mol. The number of fused-ring (bicyclic) bond motifs is 1. The molecule has 36 heavy (non-hydrogen) atoms. The fraction of sp³-hybridized carbons (Fsp3) is 0.462. The molecule has 1 saturated heterocycles. The lowest BCUT2D eigenvalue weighted by Gasteiger charge is -2.07. The summed E-state index contributed by atoms with van der Waals surface area (Å²) in [5.41, 5.74) is 11.6. The van der Waals surface area contributed by atoms with E-state index in [9.17, 15) is 19.2 Å². The van der Waals surface area contributed by atoms with E-state index in [0.717, 1.165) is 29.2 Å². The Hall–Kier alpha value is -3.50. The maximum atomic E-state index is 10.6. The van der Waals surface area contributed by atoms with Crippen LogP contribution in [0.5, 0.6) is 0 Å². The van der Waals surface area contributed by atoms with E-state index in [-0.39, 0.29) is 5.91 Å². The number of carboxylic acid groups (broad SMARTS) is 3. The molecule has 0 saturated carbocycles. The van der Waals surface area contributed by atoms with Gasteiger partial charge < -0.3 is 32.1 Å². The van der Waals surface area contributed by atoms with Crippen molar-refractivity contribution in [3.8, 4) is 0 Å². The fourth-order valence-electron chi connectivity index (χ4n) is 3.05. The van der Waals surface area contributed by atoms with Gasteiger partial charge >= 0.3 is 17.9 Å². The summed E-state index contributed by atoms with van der Waals surface area (Å²) in [7, 11) is 0. The van der Waals surface area contributed by atoms with E-state index in [1.807, 2.05) is 63.2 Å². The lowest BCUT2D eigenvalue weighted by Crippen LogP contribution is -2.32. The summed E-state index contributed by atoms with van der Waals surface area (Å²) < 4.78 is 0. The Bertz CT molecular complexity index is 981. The Balaban J connectivity index is 0.000000528. The number of hydrogen-bond donors (Lipinski definition) is 6. The zero-order valence-corrected chi connectivity index (χ0v) is 21.1. The summed E-state index contributed by atoms with van der Waals surface area (Å²) in [6.45, 7) is 6.01. The summed E-state index contributed by atoms with van der Waals surface area (Å²) in [6, 6.07) is 11.7. The van der Waals surface area contributed by atoms with Crippen molar-refractivity contribution >= 4 is 34.6 Å². The van der Waals surface area contributed by atoms with Crippen LogP contribution in [-0.4, -0.2) is 57.3 Å². The zero-order valence-electron chi connectivity index (χ0n) is 21.1. The van der Waals surface area contributed by atoms with Crippen LogP contribution in [0, 0.1) is 0 Å². The van der Waals surface area contributed by atoms with E-state index < -0.39 is 36.0 Å². The highest BCUT2D eigenvalue weighted by molar-refractivity contribution is 5.87. The third-order valence-corrected chi connectivity index (χ3v) is 5.07. The molecule has 3 unspecified atom stereocenters. The topological polar surface area (TPSA) is 193 Å². The van der Waals surface area contributed by atoms with Crippen LogP contribution in [0.25, 0.3) is 10.8 Å². The number of carbonyl (C=O) groups is 4. The first kappa shape index (κ1) is 32.5. The second-order valence-electron chi connectivity index (χ2n) is 7.91. The van der Waals surface area contributed by atoms with Gasteiger partial charge in [0.2, 0.25) is 5.91 Å². The van der Waals surface area contributed by atoms with Crippen molar-refractivity contribution in [2.45, 2.75) is 77.4 Å². The summed E-state index contributed by atoms with van der Waals surface area (Å²) >= 11 is 0. The predicted molar refractivity (Wildman–Crippen MR) is 139 cm³/mol. The molecule has 1 fully saturated rings. The molecule has 2 aromatic carbocycles. The number of aliphatic carboxylic acids is 3. The second kappa shape index (κ2) is 17.9. The number of nitrogens with one attached hydrogen (secondary N) is 1. The average Bonchev–Trinajstić information content (AvgIpc) is 3.31. The van der Waals surface area contributed by atoms with Crippen molar-refractivity contribution in [1.82, 2.24) is 5.32 Å². The highest BCUT2D eigenvalue weighted by atomic mass is 16.4. The highest BCUT2D eigenvalue weighted by Gasteiger charge is 2.26. The summed E-state index contributed by atoms with van der Waals surface area (Å²) in [5, 5.41) is 29.9. The Morgan fingerprint density at radius 2 is 1.56 bits per heavy atom. The number of nitrogens with two attached hydrogens (primary N) is 2. The van der Waals surface area contributed by atoms with E-state index in [4.69, 9.17) is 26.8 Å². The molecule has 8 N–H and O–H groups in total. The van der Waals surface area contributed by atoms with Crippen molar-refractivity contribution in [2.75, 3.05) is 0 Å². The van der Waals surface area contributed by atoms with Crippen LogP contribution >= 0.6 is 0 Å². The molecule has 2 aromatic rings. The molecule has 0 bridgehead atoms. The molecule has 0 radical (unpaired) electrons. The molecule has 1 aliphatic rings. The Kier molecular flexibility index (Phi) is 16.1. The van der Waals surface area contributed by atoms with Gasteiger partial charge in [-0.2, -0.15) is 0 Å². The Labute approximate surface area is 211 Å². The molecule has 1 amide bonds. The van der Waals surface area contributed by atoms with Crippen molar-refractivity contribution < 1.29 is 34.5 Å². The normalized spacial score (nSPS) is 15.5. The van der Waals surface area contributed by atoms with E-state index in [1.165, 1.54) is 0 Å². The standard InChI is InChI=1S/C13H13NO2.C6H13NO2.C5H7NO3.C2H6/c14-12(13(15)16)8-9-5-6-10-3-1-2-4-11(10)7-9;1-2-3-4-5(7)6(8)9;7-4-2-1-3(6-4)5(8)9;1-2/h1-7,12H,8,14H2,(H,15,16);5H,2-4,7H2,1H3,(H,8,9);3H,1-2H2,(H,6,7)(H,8,9);1-2H3. The largest absolute Gasteiger partial charge is 0.480 e.